The fourth-order valence-electron chi connectivity index (χ4n) is 1.83. The highest BCUT2D eigenvalue weighted by Gasteiger charge is 2.06. The first-order chi connectivity index (χ1) is 10.5. The maximum absolute atomic E-state index is 13.5. The van der Waals surface area contributed by atoms with E-state index >= 15 is 0 Å². The van der Waals surface area contributed by atoms with Crippen molar-refractivity contribution in [3.05, 3.63) is 53.1 Å². The monoisotopic (exact) mass is 315 g/mol. The summed E-state index contributed by atoms with van der Waals surface area (Å²) in [5.41, 5.74) is 5.15. The SMILES string of the molecule is Cc1c(/C=N\NC(=S)Nc2ccccc2F)cc(C#N)n1C. The Morgan fingerprint density at radius 3 is 2.82 bits per heavy atom. The number of rotatable bonds is 3. The Morgan fingerprint density at radius 2 is 2.18 bits per heavy atom. The zero-order chi connectivity index (χ0) is 16.1. The zero-order valence-electron chi connectivity index (χ0n) is 12.1. The van der Waals surface area contributed by atoms with Crippen molar-refractivity contribution in [1.29, 1.82) is 5.26 Å². The van der Waals surface area contributed by atoms with Gasteiger partial charge >= 0.3 is 0 Å². The van der Waals surface area contributed by atoms with Crippen LogP contribution in [0.2, 0.25) is 0 Å². The predicted octanol–water partition coefficient (Wildman–Crippen LogP) is 2.66. The summed E-state index contributed by atoms with van der Waals surface area (Å²) in [6.07, 6.45) is 1.56. The van der Waals surface area contributed by atoms with Crippen molar-refractivity contribution in [2.75, 3.05) is 5.32 Å². The lowest BCUT2D eigenvalue weighted by Crippen LogP contribution is -2.24. The lowest BCUT2D eigenvalue weighted by atomic mass is 10.3. The molecule has 1 heterocycles. The fourth-order valence-corrected chi connectivity index (χ4v) is 2.00. The Bertz CT molecular complexity index is 773. The van der Waals surface area contributed by atoms with Crippen LogP contribution in [0.1, 0.15) is 17.0 Å². The summed E-state index contributed by atoms with van der Waals surface area (Å²) in [6, 6.07) is 10.0. The number of halogens is 1. The first-order valence-corrected chi connectivity index (χ1v) is 6.84. The van der Waals surface area contributed by atoms with Crippen LogP contribution in [0.4, 0.5) is 10.1 Å². The van der Waals surface area contributed by atoms with Gasteiger partial charge in [0.1, 0.15) is 17.6 Å². The quantitative estimate of drug-likeness (QED) is 0.519. The molecule has 0 bridgehead atoms. The number of nitriles is 1. The predicted molar refractivity (Wildman–Crippen MR) is 88.2 cm³/mol. The van der Waals surface area contributed by atoms with E-state index in [1.54, 1.807) is 35.0 Å². The molecule has 0 saturated carbocycles. The lowest BCUT2D eigenvalue weighted by molar-refractivity contribution is 0.632. The summed E-state index contributed by atoms with van der Waals surface area (Å²) >= 11 is 5.04. The van der Waals surface area contributed by atoms with Gasteiger partial charge in [-0.2, -0.15) is 10.4 Å². The molecule has 7 heteroatoms. The third-order valence-electron chi connectivity index (χ3n) is 3.18. The van der Waals surface area contributed by atoms with Gasteiger partial charge in [0.05, 0.1) is 11.9 Å². The van der Waals surface area contributed by atoms with Crippen LogP contribution in [0.5, 0.6) is 0 Å². The third-order valence-corrected chi connectivity index (χ3v) is 3.37. The number of nitrogens with one attached hydrogen (secondary N) is 2. The van der Waals surface area contributed by atoms with E-state index in [-0.39, 0.29) is 10.8 Å². The van der Waals surface area contributed by atoms with Crippen molar-refractivity contribution in [1.82, 2.24) is 9.99 Å². The molecule has 2 N–H and O–H groups in total. The lowest BCUT2D eigenvalue weighted by Gasteiger charge is -2.07. The Labute approximate surface area is 133 Å². The molecule has 1 aromatic heterocycles. The van der Waals surface area contributed by atoms with E-state index in [0.29, 0.717) is 5.69 Å². The van der Waals surface area contributed by atoms with Crippen molar-refractivity contribution in [3.8, 4) is 6.07 Å². The maximum atomic E-state index is 13.5. The maximum Gasteiger partial charge on any atom is 0.191 e. The van der Waals surface area contributed by atoms with E-state index in [2.05, 4.69) is 21.9 Å². The minimum absolute atomic E-state index is 0.176. The Kier molecular flexibility index (Phi) is 4.86. The molecule has 0 radical (unpaired) electrons. The average Bonchev–Trinajstić information content (AvgIpc) is 2.77. The van der Waals surface area contributed by atoms with Crippen molar-refractivity contribution in [2.24, 2.45) is 12.1 Å². The first-order valence-electron chi connectivity index (χ1n) is 6.44. The minimum atomic E-state index is -0.395. The van der Waals surface area contributed by atoms with Crippen molar-refractivity contribution in [2.45, 2.75) is 6.92 Å². The second-order valence-corrected chi connectivity index (χ2v) is 4.95. The second kappa shape index (κ2) is 6.83. The number of para-hydroxylation sites is 1. The molecule has 0 amide bonds. The zero-order valence-corrected chi connectivity index (χ0v) is 12.9. The van der Waals surface area contributed by atoms with E-state index in [9.17, 15) is 4.39 Å². The van der Waals surface area contributed by atoms with Crippen molar-refractivity contribution in [3.63, 3.8) is 0 Å². The smallest absolute Gasteiger partial charge is 0.191 e. The summed E-state index contributed by atoms with van der Waals surface area (Å²) in [4.78, 5) is 0. The Morgan fingerprint density at radius 1 is 1.45 bits per heavy atom. The van der Waals surface area contributed by atoms with Crippen LogP contribution in [0.25, 0.3) is 0 Å². The Balaban J connectivity index is 2.00. The number of hydrogen-bond acceptors (Lipinski definition) is 3. The normalized spacial score (nSPS) is 10.5. The van der Waals surface area contributed by atoms with Crippen LogP contribution < -0.4 is 10.7 Å². The van der Waals surface area contributed by atoms with Gasteiger partial charge in [-0.3, -0.25) is 5.43 Å². The molecule has 5 nitrogen and oxygen atoms in total. The van der Waals surface area contributed by atoms with Crippen LogP contribution in [0.15, 0.2) is 35.4 Å². The highest BCUT2D eigenvalue weighted by Crippen LogP contribution is 2.12. The van der Waals surface area contributed by atoms with Crippen LogP contribution in [0.3, 0.4) is 0 Å². The molecule has 2 rings (SSSR count). The van der Waals surface area contributed by atoms with Gasteiger partial charge in [0.2, 0.25) is 0 Å². The number of hydrazone groups is 1. The number of aromatic nitrogens is 1. The molecule has 1 aromatic carbocycles. The van der Waals surface area contributed by atoms with E-state index in [4.69, 9.17) is 17.5 Å². The van der Waals surface area contributed by atoms with Gasteiger partial charge in [-0.1, -0.05) is 12.1 Å². The van der Waals surface area contributed by atoms with Gasteiger partial charge in [-0.05, 0) is 37.3 Å². The molecule has 0 aliphatic carbocycles. The molecule has 0 saturated heterocycles. The number of nitrogens with zero attached hydrogens (tertiary/aromatic N) is 3. The van der Waals surface area contributed by atoms with Crippen LogP contribution >= 0.6 is 12.2 Å². The molecular weight excluding hydrogens is 301 g/mol. The van der Waals surface area contributed by atoms with Crippen LogP contribution in [-0.2, 0) is 7.05 Å². The minimum Gasteiger partial charge on any atom is -0.339 e. The van der Waals surface area contributed by atoms with Gasteiger partial charge in [0, 0.05) is 18.3 Å². The van der Waals surface area contributed by atoms with Crippen molar-refractivity contribution < 1.29 is 4.39 Å². The topological polar surface area (TPSA) is 65.1 Å². The molecule has 0 aliphatic rings. The number of thiocarbonyl (C=S) groups is 1. The van der Waals surface area contributed by atoms with E-state index in [0.717, 1.165) is 11.3 Å². The van der Waals surface area contributed by atoms with Gasteiger partial charge in [-0.25, -0.2) is 4.39 Å². The molecule has 112 valence electrons. The molecular formula is C15H14FN5S. The largest absolute Gasteiger partial charge is 0.339 e. The van der Waals surface area contributed by atoms with E-state index < -0.39 is 5.82 Å². The van der Waals surface area contributed by atoms with Crippen LogP contribution in [-0.4, -0.2) is 15.9 Å². The molecule has 22 heavy (non-hydrogen) atoms. The number of hydrogen-bond donors (Lipinski definition) is 2. The third kappa shape index (κ3) is 3.48. The second-order valence-electron chi connectivity index (χ2n) is 4.55. The number of benzene rings is 1. The summed E-state index contributed by atoms with van der Waals surface area (Å²) in [5, 5.41) is 15.8. The number of anilines is 1. The standard InChI is InChI=1S/C15H14FN5S/c1-10-11(7-12(8-17)21(10)2)9-18-20-15(22)19-14-6-4-3-5-13(14)16/h3-7,9H,1-2H3,(H2,19,20,22)/b18-9-. The van der Waals surface area contributed by atoms with Gasteiger partial charge in [0.15, 0.2) is 5.11 Å². The van der Waals surface area contributed by atoms with Crippen molar-refractivity contribution >= 4 is 29.2 Å². The molecule has 0 atom stereocenters. The van der Waals surface area contributed by atoms with Gasteiger partial charge in [0.25, 0.3) is 0 Å². The van der Waals surface area contributed by atoms with E-state index in [1.807, 2.05) is 14.0 Å². The summed E-state index contributed by atoms with van der Waals surface area (Å²) in [7, 11) is 1.81. The summed E-state index contributed by atoms with van der Waals surface area (Å²) < 4.78 is 15.2. The highest BCUT2D eigenvalue weighted by atomic mass is 32.1. The molecule has 0 spiro atoms. The first kappa shape index (κ1) is 15.7. The van der Waals surface area contributed by atoms with Crippen LogP contribution in [0, 0.1) is 24.1 Å². The van der Waals surface area contributed by atoms with Gasteiger partial charge < -0.3 is 9.88 Å². The molecule has 0 unspecified atom stereocenters. The van der Waals surface area contributed by atoms with E-state index in [1.165, 1.54) is 6.07 Å². The summed E-state index contributed by atoms with van der Waals surface area (Å²) in [6.45, 7) is 1.89. The molecule has 2 aromatic rings. The average molecular weight is 315 g/mol. The molecule has 0 aliphatic heterocycles. The van der Waals surface area contributed by atoms with Gasteiger partial charge in [-0.15, -0.1) is 0 Å². The summed E-state index contributed by atoms with van der Waals surface area (Å²) in [5.74, 6) is -0.395. The highest BCUT2D eigenvalue weighted by molar-refractivity contribution is 7.80. The Hall–Kier alpha value is -2.72. The molecule has 0 fully saturated rings. The fraction of sp³-hybridized carbons (Fsp3) is 0.133.